The van der Waals surface area contributed by atoms with Crippen LogP contribution in [0.5, 0.6) is 0 Å². The molecule has 114 valence electrons. The lowest BCUT2D eigenvalue weighted by molar-refractivity contribution is -0.128. The molecule has 1 amide bonds. The second kappa shape index (κ2) is 5.42. The summed E-state index contributed by atoms with van der Waals surface area (Å²) in [6.45, 7) is 2.52. The largest absolute Gasteiger partial charge is 0.338 e. The highest BCUT2D eigenvalue weighted by molar-refractivity contribution is 7.89. The van der Waals surface area contributed by atoms with E-state index in [1.165, 1.54) is 0 Å². The molecule has 0 radical (unpaired) electrons. The van der Waals surface area contributed by atoms with Crippen LogP contribution in [0.4, 0.5) is 0 Å². The van der Waals surface area contributed by atoms with Crippen LogP contribution < -0.4 is 4.72 Å². The van der Waals surface area contributed by atoms with Crippen molar-refractivity contribution in [1.29, 1.82) is 0 Å². The van der Waals surface area contributed by atoms with Gasteiger partial charge in [0.25, 0.3) is 0 Å². The van der Waals surface area contributed by atoms with Crippen LogP contribution in [-0.2, 0) is 21.2 Å². The van der Waals surface area contributed by atoms with E-state index in [9.17, 15) is 13.2 Å². The van der Waals surface area contributed by atoms with E-state index in [-0.39, 0.29) is 23.3 Å². The fraction of sp³-hybridized carbons (Fsp3) is 0.533. The second-order valence-corrected chi connectivity index (χ2v) is 7.51. The highest BCUT2D eigenvalue weighted by Gasteiger charge is 2.40. The minimum Gasteiger partial charge on any atom is -0.338 e. The zero-order valence-electron chi connectivity index (χ0n) is 12.1. The fourth-order valence-electron chi connectivity index (χ4n) is 2.74. The van der Waals surface area contributed by atoms with Gasteiger partial charge < -0.3 is 4.90 Å². The van der Waals surface area contributed by atoms with Crippen LogP contribution in [0.25, 0.3) is 0 Å². The normalized spacial score (nSPS) is 22.8. The summed E-state index contributed by atoms with van der Waals surface area (Å²) in [6, 6.07) is 6.92. The quantitative estimate of drug-likeness (QED) is 0.891. The number of rotatable bonds is 5. The summed E-state index contributed by atoms with van der Waals surface area (Å²) >= 11 is 0. The lowest BCUT2D eigenvalue weighted by Crippen LogP contribution is -2.37. The van der Waals surface area contributed by atoms with Gasteiger partial charge in [-0.1, -0.05) is 19.1 Å². The number of hydrogen-bond donors (Lipinski definition) is 1. The Kier molecular flexibility index (Phi) is 3.75. The van der Waals surface area contributed by atoms with Gasteiger partial charge in [0.15, 0.2) is 0 Å². The van der Waals surface area contributed by atoms with Gasteiger partial charge in [-0.2, -0.15) is 0 Å². The molecule has 21 heavy (non-hydrogen) atoms. The Hall–Kier alpha value is -1.40. The second-order valence-electron chi connectivity index (χ2n) is 5.80. The van der Waals surface area contributed by atoms with Gasteiger partial charge in [-0.3, -0.25) is 4.79 Å². The van der Waals surface area contributed by atoms with E-state index in [4.69, 9.17) is 0 Å². The number of carbonyl (C=O) groups is 1. The first kappa shape index (κ1) is 14.5. The number of hydrogen-bond acceptors (Lipinski definition) is 3. The monoisotopic (exact) mass is 308 g/mol. The van der Waals surface area contributed by atoms with Gasteiger partial charge >= 0.3 is 0 Å². The van der Waals surface area contributed by atoms with Crippen LogP contribution in [0.1, 0.15) is 31.7 Å². The molecule has 6 heteroatoms. The average molecular weight is 308 g/mol. The van der Waals surface area contributed by atoms with Crippen LogP contribution in [0, 0.1) is 0 Å². The number of nitrogens with zero attached hydrogens (tertiary/aromatic N) is 1. The summed E-state index contributed by atoms with van der Waals surface area (Å²) in [4.78, 5) is 13.9. The maximum absolute atomic E-state index is 12.3. The molecular weight excluding hydrogens is 288 g/mol. The van der Waals surface area contributed by atoms with Crippen molar-refractivity contribution >= 4 is 15.9 Å². The van der Waals surface area contributed by atoms with Gasteiger partial charge in [-0.05, 0) is 37.0 Å². The molecule has 1 aliphatic carbocycles. The van der Waals surface area contributed by atoms with Crippen molar-refractivity contribution in [2.75, 3.05) is 6.54 Å². The predicted molar refractivity (Wildman–Crippen MR) is 79.3 cm³/mol. The van der Waals surface area contributed by atoms with Gasteiger partial charge in [0, 0.05) is 25.0 Å². The van der Waals surface area contributed by atoms with Gasteiger partial charge in [-0.25, -0.2) is 13.1 Å². The van der Waals surface area contributed by atoms with Crippen molar-refractivity contribution in [3.63, 3.8) is 0 Å². The Morgan fingerprint density at radius 3 is 2.48 bits per heavy atom. The molecule has 0 spiro atoms. The van der Waals surface area contributed by atoms with Crippen molar-refractivity contribution in [3.05, 3.63) is 29.8 Å². The van der Waals surface area contributed by atoms with Crippen LogP contribution in [0.2, 0.25) is 0 Å². The maximum atomic E-state index is 12.3. The van der Waals surface area contributed by atoms with Crippen molar-refractivity contribution < 1.29 is 13.2 Å². The standard InChI is InChI=1S/C15H20N2O3S/c1-2-11-3-7-14(8-4-11)21(19,20)16-12-9-15(18)17(10-12)13-5-6-13/h3-4,7-8,12-13,16H,2,5-6,9-10H2,1H3. The van der Waals surface area contributed by atoms with Crippen LogP contribution in [0.3, 0.4) is 0 Å². The summed E-state index contributed by atoms with van der Waals surface area (Å²) in [5.74, 6) is 0.0616. The predicted octanol–water partition coefficient (Wildman–Crippen LogP) is 1.29. The third kappa shape index (κ3) is 3.11. The molecule has 1 saturated heterocycles. The molecule has 1 saturated carbocycles. The molecule has 1 atom stereocenters. The summed E-state index contributed by atoms with van der Waals surface area (Å²) in [5, 5.41) is 0. The zero-order chi connectivity index (χ0) is 15.0. The van der Waals surface area contributed by atoms with Crippen molar-refractivity contribution in [2.45, 2.75) is 49.6 Å². The van der Waals surface area contributed by atoms with E-state index in [1.54, 1.807) is 12.1 Å². The molecule has 2 fully saturated rings. The Balaban J connectivity index is 1.69. The molecule has 2 aliphatic rings. The summed E-state index contributed by atoms with van der Waals surface area (Å²) in [5.41, 5.74) is 1.10. The molecule has 1 N–H and O–H groups in total. The topological polar surface area (TPSA) is 66.5 Å². The van der Waals surface area contributed by atoms with E-state index in [0.717, 1.165) is 24.8 Å². The van der Waals surface area contributed by atoms with Gasteiger partial charge in [0.1, 0.15) is 0 Å². The highest BCUT2D eigenvalue weighted by atomic mass is 32.2. The zero-order valence-corrected chi connectivity index (χ0v) is 12.9. The van der Waals surface area contributed by atoms with Gasteiger partial charge in [0.05, 0.1) is 4.90 Å². The van der Waals surface area contributed by atoms with Crippen molar-refractivity contribution in [3.8, 4) is 0 Å². The number of nitrogens with one attached hydrogen (secondary N) is 1. The smallest absolute Gasteiger partial charge is 0.240 e. The minimum absolute atomic E-state index is 0.0616. The van der Waals surface area contributed by atoms with Crippen molar-refractivity contribution in [1.82, 2.24) is 9.62 Å². The lowest BCUT2D eigenvalue weighted by Gasteiger charge is -2.16. The Labute approximate surface area is 125 Å². The van der Waals surface area contributed by atoms with E-state index in [2.05, 4.69) is 4.72 Å². The van der Waals surface area contributed by atoms with E-state index >= 15 is 0 Å². The molecule has 1 aromatic rings. The molecule has 0 aromatic heterocycles. The first-order valence-corrected chi connectivity index (χ1v) is 8.88. The molecule has 0 bridgehead atoms. The molecule has 3 rings (SSSR count). The van der Waals surface area contributed by atoms with E-state index in [1.807, 2.05) is 24.0 Å². The summed E-state index contributed by atoms with van der Waals surface area (Å²) in [6.07, 6.45) is 3.23. The van der Waals surface area contributed by atoms with E-state index < -0.39 is 10.0 Å². The third-order valence-corrected chi connectivity index (χ3v) is 5.65. The lowest BCUT2D eigenvalue weighted by atomic mass is 10.2. The molecular formula is C15H20N2O3S. The fourth-order valence-corrected chi connectivity index (χ4v) is 3.97. The SMILES string of the molecule is CCc1ccc(S(=O)(=O)NC2CC(=O)N(C3CC3)C2)cc1. The number of amides is 1. The van der Waals surface area contributed by atoms with Gasteiger partial charge in [-0.15, -0.1) is 0 Å². The number of likely N-dealkylation sites (tertiary alicyclic amines) is 1. The molecule has 1 aromatic carbocycles. The molecule has 5 nitrogen and oxygen atoms in total. The van der Waals surface area contributed by atoms with Gasteiger partial charge in [0.2, 0.25) is 15.9 Å². The first-order valence-electron chi connectivity index (χ1n) is 7.40. The minimum atomic E-state index is -3.55. The van der Waals surface area contributed by atoms with Crippen LogP contribution in [0.15, 0.2) is 29.2 Å². The Bertz CT molecular complexity index is 635. The van der Waals surface area contributed by atoms with Crippen LogP contribution >= 0.6 is 0 Å². The number of sulfonamides is 1. The molecule has 1 unspecified atom stereocenters. The number of carbonyl (C=O) groups excluding carboxylic acids is 1. The summed E-state index contributed by atoms with van der Waals surface area (Å²) in [7, 11) is -3.55. The Morgan fingerprint density at radius 1 is 1.24 bits per heavy atom. The van der Waals surface area contributed by atoms with E-state index in [0.29, 0.717) is 12.6 Å². The Morgan fingerprint density at radius 2 is 1.90 bits per heavy atom. The molecule has 1 aliphatic heterocycles. The summed E-state index contributed by atoms with van der Waals surface area (Å²) < 4.78 is 27.4. The average Bonchev–Trinajstić information content (AvgIpc) is 3.23. The molecule has 1 heterocycles. The number of aryl methyl sites for hydroxylation is 1. The third-order valence-electron chi connectivity index (χ3n) is 4.11. The number of benzene rings is 1. The highest BCUT2D eigenvalue weighted by Crippen LogP contribution is 2.30. The first-order chi connectivity index (χ1) is 9.99. The van der Waals surface area contributed by atoms with Crippen LogP contribution in [-0.4, -0.2) is 37.9 Å². The van der Waals surface area contributed by atoms with Crippen molar-refractivity contribution in [2.24, 2.45) is 0 Å². The maximum Gasteiger partial charge on any atom is 0.240 e.